The van der Waals surface area contributed by atoms with Gasteiger partial charge >= 0.3 is 0 Å². The smallest absolute Gasteiger partial charge is 0.276 e. The molecular formula is C11H13NOS2. The number of benzene rings is 1. The fourth-order valence-electron chi connectivity index (χ4n) is 1.70. The second-order valence-electron chi connectivity index (χ2n) is 3.55. The van der Waals surface area contributed by atoms with Crippen LogP contribution in [0.1, 0.15) is 17.5 Å². The van der Waals surface area contributed by atoms with E-state index in [0.29, 0.717) is 6.54 Å². The first-order valence-electron chi connectivity index (χ1n) is 4.97. The van der Waals surface area contributed by atoms with Crippen LogP contribution in [0.2, 0.25) is 0 Å². The number of hydrogen-bond donors (Lipinski definition) is 2. The van der Waals surface area contributed by atoms with Crippen molar-refractivity contribution in [1.82, 2.24) is 5.32 Å². The van der Waals surface area contributed by atoms with E-state index in [4.69, 9.17) is 0 Å². The molecule has 0 radical (unpaired) electrons. The molecule has 0 saturated heterocycles. The Morgan fingerprint density at radius 3 is 3.20 bits per heavy atom. The number of carbonyl (C=O) groups is 1. The van der Waals surface area contributed by atoms with Gasteiger partial charge in [-0.3, -0.25) is 4.79 Å². The van der Waals surface area contributed by atoms with E-state index in [-0.39, 0.29) is 5.24 Å². The summed E-state index contributed by atoms with van der Waals surface area (Å²) < 4.78 is 0. The molecule has 1 aliphatic heterocycles. The molecule has 1 aliphatic rings. The van der Waals surface area contributed by atoms with Gasteiger partial charge in [-0.05, 0) is 35.8 Å². The molecule has 2 rings (SSSR count). The third-order valence-electron chi connectivity index (χ3n) is 2.42. The summed E-state index contributed by atoms with van der Waals surface area (Å²) in [5.74, 6) is 1.22. The summed E-state index contributed by atoms with van der Waals surface area (Å²) >= 11 is 5.59. The Hall–Kier alpha value is -0.610. The average molecular weight is 239 g/mol. The number of thioether (sulfide) groups is 1. The second-order valence-corrected chi connectivity index (χ2v) is 5.10. The molecule has 1 N–H and O–H groups in total. The molecular weight excluding hydrogens is 226 g/mol. The maximum Gasteiger partial charge on any atom is 0.276 e. The van der Waals surface area contributed by atoms with Crippen LogP contribution < -0.4 is 5.32 Å². The molecule has 0 saturated carbocycles. The SMILES string of the molecule is O=C(S)NCc1ccc2c(c1)CCCS2. The number of aryl methyl sites for hydroxylation is 1. The topological polar surface area (TPSA) is 29.1 Å². The van der Waals surface area contributed by atoms with Crippen molar-refractivity contribution in [2.75, 3.05) is 5.75 Å². The molecule has 80 valence electrons. The van der Waals surface area contributed by atoms with Crippen molar-refractivity contribution < 1.29 is 4.79 Å². The number of thiol groups is 1. The van der Waals surface area contributed by atoms with Crippen molar-refractivity contribution in [3.63, 3.8) is 0 Å². The predicted molar refractivity (Wildman–Crippen MR) is 66.7 cm³/mol. The first kappa shape index (κ1) is 10.9. The first-order chi connectivity index (χ1) is 7.25. The molecule has 1 aromatic rings. The van der Waals surface area contributed by atoms with Gasteiger partial charge in [0.2, 0.25) is 0 Å². The summed E-state index contributed by atoms with van der Waals surface area (Å²) in [6.45, 7) is 0.570. The maximum atomic E-state index is 10.7. The quantitative estimate of drug-likeness (QED) is 0.777. The lowest BCUT2D eigenvalue weighted by molar-refractivity contribution is 0.260. The van der Waals surface area contributed by atoms with E-state index in [1.54, 1.807) is 0 Å². The van der Waals surface area contributed by atoms with Gasteiger partial charge in [0.15, 0.2) is 0 Å². The van der Waals surface area contributed by atoms with E-state index in [2.05, 4.69) is 36.1 Å². The van der Waals surface area contributed by atoms with Crippen molar-refractivity contribution in [1.29, 1.82) is 0 Å². The van der Waals surface area contributed by atoms with E-state index >= 15 is 0 Å². The molecule has 1 heterocycles. The summed E-state index contributed by atoms with van der Waals surface area (Å²) in [5.41, 5.74) is 2.57. The number of fused-ring (bicyclic) bond motifs is 1. The first-order valence-corrected chi connectivity index (χ1v) is 6.40. The Balaban J connectivity index is 2.10. The Bertz CT molecular complexity index is 379. The van der Waals surface area contributed by atoms with Crippen LogP contribution >= 0.6 is 24.4 Å². The largest absolute Gasteiger partial charge is 0.343 e. The molecule has 0 spiro atoms. The monoisotopic (exact) mass is 239 g/mol. The lowest BCUT2D eigenvalue weighted by Gasteiger charge is -2.16. The summed E-state index contributed by atoms with van der Waals surface area (Å²) in [5, 5.41) is 2.41. The fourth-order valence-corrected chi connectivity index (χ4v) is 2.80. The van der Waals surface area contributed by atoms with Crippen LogP contribution in [0.15, 0.2) is 23.1 Å². The van der Waals surface area contributed by atoms with Crippen molar-refractivity contribution in [3.8, 4) is 0 Å². The van der Waals surface area contributed by atoms with E-state index in [0.717, 1.165) is 12.0 Å². The van der Waals surface area contributed by atoms with Crippen LogP contribution in [-0.4, -0.2) is 11.0 Å². The van der Waals surface area contributed by atoms with Crippen LogP contribution in [0.3, 0.4) is 0 Å². The third kappa shape index (κ3) is 2.92. The van der Waals surface area contributed by atoms with Gasteiger partial charge in [-0.1, -0.05) is 24.8 Å². The minimum absolute atomic E-state index is 0.276. The van der Waals surface area contributed by atoms with Crippen LogP contribution in [0, 0.1) is 0 Å². The molecule has 0 fully saturated rings. The highest BCUT2D eigenvalue weighted by atomic mass is 32.2. The van der Waals surface area contributed by atoms with Gasteiger partial charge in [0.25, 0.3) is 5.24 Å². The zero-order valence-corrected chi connectivity index (χ0v) is 10.0. The number of hydrogen-bond acceptors (Lipinski definition) is 2. The van der Waals surface area contributed by atoms with Crippen LogP contribution in [0.25, 0.3) is 0 Å². The van der Waals surface area contributed by atoms with Gasteiger partial charge in [0, 0.05) is 11.4 Å². The number of carbonyl (C=O) groups excluding carboxylic acids is 1. The standard InChI is InChI=1S/C11H13NOS2/c13-11(14)12-7-8-3-4-10-9(6-8)2-1-5-15-10/h3-4,6H,1-2,5,7H2,(H2,12,13,14). The highest BCUT2D eigenvalue weighted by Gasteiger charge is 2.09. The summed E-state index contributed by atoms with van der Waals surface area (Å²) in [6.07, 6.45) is 2.41. The lowest BCUT2D eigenvalue weighted by Crippen LogP contribution is -2.15. The lowest BCUT2D eigenvalue weighted by atomic mass is 10.1. The highest BCUT2D eigenvalue weighted by Crippen LogP contribution is 2.30. The minimum Gasteiger partial charge on any atom is -0.343 e. The Morgan fingerprint density at radius 2 is 2.40 bits per heavy atom. The molecule has 4 heteroatoms. The van der Waals surface area contributed by atoms with Gasteiger partial charge < -0.3 is 5.32 Å². The Morgan fingerprint density at radius 1 is 1.53 bits per heavy atom. The van der Waals surface area contributed by atoms with Crippen molar-refractivity contribution in [2.45, 2.75) is 24.3 Å². The zero-order chi connectivity index (χ0) is 10.7. The minimum atomic E-state index is -0.276. The molecule has 2 nitrogen and oxygen atoms in total. The normalized spacial score (nSPS) is 14.5. The second kappa shape index (κ2) is 4.94. The van der Waals surface area contributed by atoms with Gasteiger partial charge in [-0.25, -0.2) is 0 Å². The van der Waals surface area contributed by atoms with E-state index in [1.165, 1.54) is 22.6 Å². The Labute approximate surface area is 99.2 Å². The molecule has 0 aliphatic carbocycles. The number of rotatable bonds is 2. The molecule has 15 heavy (non-hydrogen) atoms. The molecule has 0 aromatic heterocycles. The highest BCUT2D eigenvalue weighted by molar-refractivity contribution is 7.99. The Kier molecular flexibility index (Phi) is 3.59. The molecule has 0 unspecified atom stereocenters. The summed E-state index contributed by atoms with van der Waals surface area (Å²) in [4.78, 5) is 12.0. The molecule has 0 atom stereocenters. The molecule has 1 aromatic carbocycles. The van der Waals surface area contributed by atoms with Crippen molar-refractivity contribution in [3.05, 3.63) is 29.3 Å². The average Bonchev–Trinajstić information content (AvgIpc) is 2.26. The van der Waals surface area contributed by atoms with Gasteiger partial charge in [-0.2, -0.15) is 0 Å². The fraction of sp³-hybridized carbons (Fsp3) is 0.364. The van der Waals surface area contributed by atoms with Crippen molar-refractivity contribution in [2.24, 2.45) is 0 Å². The molecule has 1 amide bonds. The van der Waals surface area contributed by atoms with E-state index in [1.807, 2.05) is 11.8 Å². The van der Waals surface area contributed by atoms with Gasteiger partial charge in [-0.15, -0.1) is 11.8 Å². The summed E-state index contributed by atoms with van der Waals surface area (Å²) in [7, 11) is 0. The van der Waals surface area contributed by atoms with Crippen molar-refractivity contribution >= 4 is 29.6 Å². The van der Waals surface area contributed by atoms with Crippen LogP contribution in [0.4, 0.5) is 4.79 Å². The number of nitrogens with one attached hydrogen (secondary N) is 1. The van der Waals surface area contributed by atoms with Crippen LogP contribution in [-0.2, 0) is 13.0 Å². The maximum absolute atomic E-state index is 10.7. The van der Waals surface area contributed by atoms with Gasteiger partial charge in [0.1, 0.15) is 0 Å². The number of amides is 1. The van der Waals surface area contributed by atoms with E-state index in [9.17, 15) is 4.79 Å². The van der Waals surface area contributed by atoms with Crippen LogP contribution in [0.5, 0.6) is 0 Å². The molecule has 0 bridgehead atoms. The van der Waals surface area contributed by atoms with E-state index < -0.39 is 0 Å². The van der Waals surface area contributed by atoms with Gasteiger partial charge in [0.05, 0.1) is 0 Å². The predicted octanol–water partition coefficient (Wildman–Crippen LogP) is 2.86. The third-order valence-corrected chi connectivity index (χ3v) is 3.78. The summed E-state index contributed by atoms with van der Waals surface area (Å²) in [6, 6.07) is 6.41. The zero-order valence-electron chi connectivity index (χ0n) is 8.32.